The lowest BCUT2D eigenvalue weighted by Crippen LogP contribution is -2.39. The highest BCUT2D eigenvalue weighted by Crippen LogP contribution is 2.18. The summed E-state index contributed by atoms with van der Waals surface area (Å²) in [7, 11) is 0. The molecule has 2 rings (SSSR count). The molecule has 0 spiro atoms. The highest BCUT2D eigenvalue weighted by molar-refractivity contribution is 5.83. The van der Waals surface area contributed by atoms with Gasteiger partial charge in [0.15, 0.2) is 13.0 Å². The summed E-state index contributed by atoms with van der Waals surface area (Å²) in [4.78, 5) is 24.7. The number of hydrogen-bond donors (Lipinski definition) is 2. The third-order valence-electron chi connectivity index (χ3n) is 3.13. The van der Waals surface area contributed by atoms with Gasteiger partial charge in [0, 0.05) is 6.42 Å². The molecule has 1 fully saturated rings. The number of amides is 1. The number of hydrogen-bond acceptors (Lipinski definition) is 6. The largest absolute Gasteiger partial charge is 0.444 e. The van der Waals surface area contributed by atoms with Gasteiger partial charge in [-0.3, -0.25) is 4.90 Å². The molecule has 114 valence electrons. The molecule has 2 N–H and O–H groups in total. The Morgan fingerprint density at radius 2 is 2.10 bits per heavy atom. The smallest absolute Gasteiger partial charge is 0.413 e. The van der Waals surface area contributed by atoms with Crippen molar-refractivity contribution in [3.05, 3.63) is 35.9 Å². The summed E-state index contributed by atoms with van der Waals surface area (Å²) in [6.07, 6.45) is -2.11. The average molecular weight is 295 g/mol. The van der Waals surface area contributed by atoms with Gasteiger partial charge in [-0.15, -0.1) is 0 Å². The van der Waals surface area contributed by atoms with Gasteiger partial charge in [0.05, 0.1) is 0 Å². The molecule has 7 heteroatoms. The first kappa shape index (κ1) is 15.3. The first-order chi connectivity index (χ1) is 10.1. The van der Waals surface area contributed by atoms with E-state index in [1.165, 1.54) is 0 Å². The minimum atomic E-state index is -1.53. The molecule has 0 radical (unpaired) electrons. The number of aliphatic hydroxyl groups is 2. The molecule has 0 unspecified atom stereocenters. The molecule has 21 heavy (non-hydrogen) atoms. The molecule has 1 amide bonds. The average Bonchev–Trinajstić information content (AvgIpc) is 2.85. The van der Waals surface area contributed by atoms with Crippen molar-refractivity contribution in [2.75, 3.05) is 6.73 Å². The van der Waals surface area contributed by atoms with Crippen LogP contribution in [0.1, 0.15) is 18.4 Å². The lowest BCUT2D eigenvalue weighted by Gasteiger charge is -2.19. The molecule has 1 saturated heterocycles. The fourth-order valence-corrected chi connectivity index (χ4v) is 2.01. The van der Waals surface area contributed by atoms with Crippen LogP contribution in [0.5, 0.6) is 0 Å². The zero-order valence-electron chi connectivity index (χ0n) is 11.3. The third kappa shape index (κ3) is 4.17. The number of carbonyl (C=O) groups excluding carboxylic acids is 2. The van der Waals surface area contributed by atoms with E-state index in [1.54, 1.807) is 0 Å². The number of carbonyl (C=O) groups is 2. The maximum absolute atomic E-state index is 12.0. The highest BCUT2D eigenvalue weighted by atomic mass is 16.6. The molecular formula is C14H17NO6. The Balaban J connectivity index is 1.89. The maximum atomic E-state index is 12.0. The first-order valence-corrected chi connectivity index (χ1v) is 6.58. The number of nitrogens with zero attached hydrogens (tertiary/aromatic N) is 1. The van der Waals surface area contributed by atoms with Crippen molar-refractivity contribution in [2.45, 2.75) is 31.8 Å². The van der Waals surface area contributed by atoms with Gasteiger partial charge in [0.25, 0.3) is 0 Å². The molecule has 0 aromatic heterocycles. The fourth-order valence-electron chi connectivity index (χ4n) is 2.01. The summed E-state index contributed by atoms with van der Waals surface area (Å²) < 4.78 is 9.93. The quantitative estimate of drug-likeness (QED) is 0.610. The predicted molar refractivity (Wildman–Crippen MR) is 70.7 cm³/mol. The van der Waals surface area contributed by atoms with Crippen LogP contribution in [-0.4, -0.2) is 46.2 Å². The van der Waals surface area contributed by atoms with Crippen LogP contribution in [0, 0.1) is 0 Å². The van der Waals surface area contributed by atoms with Gasteiger partial charge in [0.2, 0.25) is 0 Å². The van der Waals surface area contributed by atoms with Gasteiger partial charge in [0.1, 0.15) is 12.6 Å². The van der Waals surface area contributed by atoms with E-state index in [0.29, 0.717) is 0 Å². The Kier molecular flexibility index (Phi) is 5.13. The maximum Gasteiger partial charge on any atom is 0.413 e. The van der Waals surface area contributed by atoms with E-state index in [0.717, 1.165) is 10.5 Å². The Labute approximate surface area is 121 Å². The number of benzene rings is 1. The summed E-state index contributed by atoms with van der Waals surface area (Å²) in [6, 6.07) is 8.31. The molecule has 1 aromatic rings. The van der Waals surface area contributed by atoms with Crippen LogP contribution >= 0.6 is 0 Å². The van der Waals surface area contributed by atoms with Crippen LogP contribution in [0.4, 0.5) is 4.79 Å². The van der Waals surface area contributed by atoms with Crippen LogP contribution in [0.25, 0.3) is 0 Å². The molecule has 1 aliphatic heterocycles. The van der Waals surface area contributed by atoms with Crippen molar-refractivity contribution in [3.8, 4) is 0 Å². The molecule has 1 aliphatic rings. The number of rotatable bonds is 5. The number of cyclic esters (lactones) is 1. The van der Waals surface area contributed by atoms with Gasteiger partial charge >= 0.3 is 12.1 Å². The van der Waals surface area contributed by atoms with E-state index in [9.17, 15) is 9.59 Å². The van der Waals surface area contributed by atoms with Crippen LogP contribution < -0.4 is 0 Å². The minimum absolute atomic E-state index is 0.0256. The van der Waals surface area contributed by atoms with E-state index in [1.807, 2.05) is 30.3 Å². The van der Waals surface area contributed by atoms with Crippen molar-refractivity contribution in [2.24, 2.45) is 0 Å². The lowest BCUT2D eigenvalue weighted by atomic mass is 10.1. The van der Waals surface area contributed by atoms with Gasteiger partial charge in [-0.2, -0.15) is 0 Å². The summed E-state index contributed by atoms with van der Waals surface area (Å²) in [5.74, 6) is -0.563. The summed E-state index contributed by atoms with van der Waals surface area (Å²) >= 11 is 0. The number of ether oxygens (including phenoxy) is 2. The monoisotopic (exact) mass is 295 g/mol. The van der Waals surface area contributed by atoms with Gasteiger partial charge in [-0.1, -0.05) is 30.3 Å². The molecule has 1 atom stereocenters. The van der Waals surface area contributed by atoms with E-state index in [4.69, 9.17) is 19.7 Å². The summed E-state index contributed by atoms with van der Waals surface area (Å²) in [5.41, 5.74) is 0.833. The van der Waals surface area contributed by atoms with Crippen molar-refractivity contribution in [3.63, 3.8) is 0 Å². The van der Waals surface area contributed by atoms with E-state index in [2.05, 4.69) is 0 Å². The summed E-state index contributed by atoms with van der Waals surface area (Å²) in [6.45, 7) is -0.0850. The van der Waals surface area contributed by atoms with Crippen molar-refractivity contribution < 1.29 is 29.3 Å². The topological polar surface area (TPSA) is 96.3 Å². The number of esters is 1. The highest BCUT2D eigenvalue weighted by Gasteiger charge is 2.38. The molecular weight excluding hydrogens is 278 g/mol. The van der Waals surface area contributed by atoms with Crippen molar-refractivity contribution >= 4 is 12.1 Å². The zero-order chi connectivity index (χ0) is 15.2. The Morgan fingerprint density at radius 1 is 1.38 bits per heavy atom. The fraction of sp³-hybridized carbons (Fsp3) is 0.429. The van der Waals surface area contributed by atoms with Gasteiger partial charge in [-0.25, -0.2) is 9.59 Å². The van der Waals surface area contributed by atoms with Gasteiger partial charge < -0.3 is 19.7 Å². The second-order valence-electron chi connectivity index (χ2n) is 4.68. The molecule has 1 heterocycles. The summed E-state index contributed by atoms with van der Waals surface area (Å²) in [5, 5.41) is 17.7. The van der Waals surface area contributed by atoms with Gasteiger partial charge in [-0.05, 0) is 12.0 Å². The Bertz CT molecular complexity index is 489. The molecule has 0 aliphatic carbocycles. The molecule has 0 bridgehead atoms. The second-order valence-corrected chi connectivity index (χ2v) is 4.68. The second kappa shape index (κ2) is 7.05. The van der Waals surface area contributed by atoms with Crippen LogP contribution in [0.3, 0.4) is 0 Å². The molecule has 7 nitrogen and oxygen atoms in total. The van der Waals surface area contributed by atoms with Crippen LogP contribution in [0.15, 0.2) is 30.3 Å². The predicted octanol–water partition coefficient (Wildman–Crippen LogP) is 0.599. The van der Waals surface area contributed by atoms with E-state index < -0.39 is 24.4 Å². The standard InChI is InChI=1S/C14H17NO6/c16-12(17)7-6-11-13(18)21-9-15(11)14(19)20-8-10-4-2-1-3-5-10/h1-5,11-12,16-17H,6-9H2/t11-/m0/s1. The Hall–Kier alpha value is -2.12. The van der Waals surface area contributed by atoms with Crippen LogP contribution in [0.2, 0.25) is 0 Å². The Morgan fingerprint density at radius 3 is 2.76 bits per heavy atom. The zero-order valence-corrected chi connectivity index (χ0v) is 11.3. The normalized spacial score (nSPS) is 18.0. The molecule has 1 aromatic carbocycles. The SMILES string of the molecule is O=C1OCN(C(=O)OCc2ccccc2)[C@H]1CCC(O)O. The number of aliphatic hydroxyl groups excluding tert-OH is 1. The first-order valence-electron chi connectivity index (χ1n) is 6.58. The molecule has 0 saturated carbocycles. The van der Waals surface area contributed by atoms with Crippen LogP contribution in [-0.2, 0) is 20.9 Å². The van der Waals surface area contributed by atoms with Crippen molar-refractivity contribution in [1.29, 1.82) is 0 Å². The van der Waals surface area contributed by atoms with Crippen molar-refractivity contribution in [1.82, 2.24) is 4.90 Å². The minimum Gasteiger partial charge on any atom is -0.444 e. The van der Waals surface area contributed by atoms with E-state index in [-0.39, 0.29) is 26.2 Å². The van der Waals surface area contributed by atoms with E-state index >= 15 is 0 Å². The third-order valence-corrected chi connectivity index (χ3v) is 3.13. The lowest BCUT2D eigenvalue weighted by molar-refractivity contribution is -0.139.